The van der Waals surface area contributed by atoms with Crippen molar-refractivity contribution in [1.29, 1.82) is 0 Å². The third-order valence-corrected chi connectivity index (χ3v) is 3.77. The minimum absolute atomic E-state index is 0.177. The van der Waals surface area contributed by atoms with Gasteiger partial charge in [-0.25, -0.2) is 0 Å². The van der Waals surface area contributed by atoms with Crippen molar-refractivity contribution < 1.29 is 18.0 Å². The molecule has 22 heavy (non-hydrogen) atoms. The molecule has 1 saturated heterocycles. The van der Waals surface area contributed by atoms with Gasteiger partial charge in [0.05, 0.1) is 0 Å². The molecule has 1 aliphatic rings. The largest absolute Gasteiger partial charge is 0.435 e. The van der Waals surface area contributed by atoms with Crippen LogP contribution < -0.4 is 0 Å². The first kappa shape index (κ1) is 14.6. The molecule has 2 aromatic heterocycles. The van der Waals surface area contributed by atoms with Crippen LogP contribution in [0, 0.1) is 0 Å². The maximum atomic E-state index is 12.6. The van der Waals surface area contributed by atoms with Gasteiger partial charge in [-0.2, -0.15) is 23.4 Å². The van der Waals surface area contributed by atoms with Crippen LogP contribution in [-0.4, -0.2) is 44.3 Å². The topological polar surface area (TPSA) is 77.7 Å². The Morgan fingerprint density at radius 1 is 1.36 bits per heavy atom. The van der Waals surface area contributed by atoms with E-state index in [2.05, 4.69) is 20.4 Å². The van der Waals surface area contributed by atoms with E-state index in [4.69, 9.17) is 0 Å². The van der Waals surface area contributed by atoms with E-state index in [0.717, 1.165) is 12.5 Å². The van der Waals surface area contributed by atoms with E-state index in [-0.39, 0.29) is 11.8 Å². The number of amides is 1. The molecule has 0 unspecified atom stereocenters. The van der Waals surface area contributed by atoms with Gasteiger partial charge in [-0.1, -0.05) is 0 Å². The van der Waals surface area contributed by atoms with Crippen LogP contribution in [0.25, 0.3) is 0 Å². The SMILES string of the molecule is O=C(c1ccn[nH]1)N1CCC[C@@H](c2cc(C(F)(F)F)n[nH]2)C1. The second kappa shape index (κ2) is 5.47. The van der Waals surface area contributed by atoms with Crippen LogP contribution in [0.1, 0.15) is 40.6 Å². The van der Waals surface area contributed by atoms with Gasteiger partial charge in [0.2, 0.25) is 0 Å². The van der Waals surface area contributed by atoms with Crippen molar-refractivity contribution in [2.45, 2.75) is 24.9 Å². The van der Waals surface area contributed by atoms with Gasteiger partial charge < -0.3 is 4.90 Å². The molecule has 9 heteroatoms. The number of likely N-dealkylation sites (tertiary alicyclic amines) is 1. The molecule has 1 atom stereocenters. The van der Waals surface area contributed by atoms with E-state index in [1.54, 1.807) is 11.0 Å². The number of piperidine rings is 1. The maximum Gasteiger partial charge on any atom is 0.435 e. The molecular formula is C13H14F3N5O. The number of H-pyrrole nitrogens is 2. The molecule has 0 spiro atoms. The third-order valence-electron chi connectivity index (χ3n) is 3.77. The molecule has 0 aliphatic carbocycles. The zero-order valence-electron chi connectivity index (χ0n) is 11.5. The average Bonchev–Trinajstić information content (AvgIpc) is 3.17. The van der Waals surface area contributed by atoms with E-state index in [1.165, 1.54) is 6.20 Å². The Bertz CT molecular complexity index is 649. The quantitative estimate of drug-likeness (QED) is 0.892. The Morgan fingerprint density at radius 2 is 2.18 bits per heavy atom. The molecule has 118 valence electrons. The molecule has 6 nitrogen and oxygen atoms in total. The highest BCUT2D eigenvalue weighted by Crippen LogP contribution is 2.32. The van der Waals surface area contributed by atoms with E-state index >= 15 is 0 Å². The maximum absolute atomic E-state index is 12.6. The lowest BCUT2D eigenvalue weighted by Gasteiger charge is -2.31. The summed E-state index contributed by atoms with van der Waals surface area (Å²) in [6.07, 6.45) is -1.54. The molecule has 3 rings (SSSR count). The van der Waals surface area contributed by atoms with Crippen molar-refractivity contribution >= 4 is 5.91 Å². The lowest BCUT2D eigenvalue weighted by Crippen LogP contribution is -2.39. The number of rotatable bonds is 2. The molecule has 1 aliphatic heterocycles. The first-order chi connectivity index (χ1) is 10.4. The predicted octanol–water partition coefficient (Wildman–Crippen LogP) is 2.17. The van der Waals surface area contributed by atoms with E-state index < -0.39 is 11.9 Å². The van der Waals surface area contributed by atoms with Crippen LogP contribution in [0.5, 0.6) is 0 Å². The summed E-state index contributed by atoms with van der Waals surface area (Å²) < 4.78 is 37.8. The summed E-state index contributed by atoms with van der Waals surface area (Å²) >= 11 is 0. The summed E-state index contributed by atoms with van der Waals surface area (Å²) in [7, 11) is 0. The lowest BCUT2D eigenvalue weighted by molar-refractivity contribution is -0.141. The summed E-state index contributed by atoms with van der Waals surface area (Å²) in [5, 5.41) is 12.1. The van der Waals surface area contributed by atoms with Gasteiger partial charge in [0.15, 0.2) is 5.69 Å². The van der Waals surface area contributed by atoms with E-state index in [9.17, 15) is 18.0 Å². The highest BCUT2D eigenvalue weighted by atomic mass is 19.4. The summed E-state index contributed by atoms with van der Waals surface area (Å²) in [6.45, 7) is 0.936. The Balaban J connectivity index is 1.73. The highest BCUT2D eigenvalue weighted by molar-refractivity contribution is 5.92. The average molecular weight is 313 g/mol. The Morgan fingerprint density at radius 3 is 2.82 bits per heavy atom. The normalized spacial score (nSPS) is 19.4. The van der Waals surface area contributed by atoms with Gasteiger partial charge in [0.1, 0.15) is 5.69 Å². The van der Waals surface area contributed by atoms with E-state index in [1.807, 2.05) is 0 Å². The second-order valence-corrected chi connectivity index (χ2v) is 5.27. The van der Waals surface area contributed by atoms with Gasteiger partial charge in [0, 0.05) is 30.9 Å². The summed E-state index contributed by atoms with van der Waals surface area (Å²) in [4.78, 5) is 13.9. The molecule has 0 saturated carbocycles. The minimum atomic E-state index is -4.46. The molecule has 3 heterocycles. The van der Waals surface area contributed by atoms with Gasteiger partial charge >= 0.3 is 6.18 Å². The number of hydrogen-bond donors (Lipinski definition) is 2. The number of hydrogen-bond acceptors (Lipinski definition) is 3. The molecule has 2 N–H and O–H groups in total. The van der Waals surface area contributed by atoms with E-state index in [0.29, 0.717) is 30.9 Å². The lowest BCUT2D eigenvalue weighted by atomic mass is 9.94. The number of alkyl halides is 3. The number of carbonyl (C=O) groups is 1. The van der Waals surface area contributed by atoms with Crippen molar-refractivity contribution in [3.05, 3.63) is 35.4 Å². The van der Waals surface area contributed by atoms with Crippen LogP contribution in [-0.2, 0) is 6.18 Å². The van der Waals surface area contributed by atoms with Crippen molar-refractivity contribution in [1.82, 2.24) is 25.3 Å². The second-order valence-electron chi connectivity index (χ2n) is 5.27. The molecule has 1 amide bonds. The number of carbonyl (C=O) groups excluding carboxylic acids is 1. The monoisotopic (exact) mass is 313 g/mol. The first-order valence-electron chi connectivity index (χ1n) is 6.86. The molecule has 0 bridgehead atoms. The molecule has 0 aromatic carbocycles. The fraction of sp³-hybridized carbons (Fsp3) is 0.462. The zero-order chi connectivity index (χ0) is 15.7. The van der Waals surface area contributed by atoms with Crippen LogP contribution in [0.2, 0.25) is 0 Å². The third kappa shape index (κ3) is 2.83. The standard InChI is InChI=1S/C13H14F3N5O/c14-13(15,16)11-6-10(19-20-11)8-2-1-5-21(7-8)12(22)9-3-4-17-18-9/h3-4,6,8H,1-2,5,7H2,(H,17,18)(H,19,20)/t8-/m1/s1. The fourth-order valence-electron chi connectivity index (χ4n) is 2.65. The Kier molecular flexibility index (Phi) is 3.63. The molecule has 1 fully saturated rings. The van der Waals surface area contributed by atoms with Gasteiger partial charge in [-0.15, -0.1) is 0 Å². The van der Waals surface area contributed by atoms with Crippen LogP contribution in [0.4, 0.5) is 13.2 Å². The smallest absolute Gasteiger partial charge is 0.337 e. The number of aromatic amines is 2. The summed E-state index contributed by atoms with van der Waals surface area (Å²) in [5.41, 5.74) is -0.143. The highest BCUT2D eigenvalue weighted by Gasteiger charge is 2.35. The van der Waals surface area contributed by atoms with Crippen molar-refractivity contribution in [2.24, 2.45) is 0 Å². The summed E-state index contributed by atoms with van der Waals surface area (Å²) in [6, 6.07) is 2.60. The number of halogens is 3. The van der Waals surface area contributed by atoms with Crippen molar-refractivity contribution in [3.8, 4) is 0 Å². The van der Waals surface area contributed by atoms with Gasteiger partial charge in [-0.3, -0.25) is 15.0 Å². The van der Waals surface area contributed by atoms with Gasteiger partial charge in [0.25, 0.3) is 5.91 Å². The van der Waals surface area contributed by atoms with Crippen LogP contribution >= 0.6 is 0 Å². The first-order valence-corrected chi connectivity index (χ1v) is 6.86. The Labute approximate surface area is 123 Å². The van der Waals surface area contributed by atoms with Crippen molar-refractivity contribution in [2.75, 3.05) is 13.1 Å². The van der Waals surface area contributed by atoms with Gasteiger partial charge in [-0.05, 0) is 25.0 Å². The van der Waals surface area contributed by atoms with Crippen LogP contribution in [0.3, 0.4) is 0 Å². The minimum Gasteiger partial charge on any atom is -0.337 e. The van der Waals surface area contributed by atoms with Crippen molar-refractivity contribution in [3.63, 3.8) is 0 Å². The van der Waals surface area contributed by atoms with Crippen LogP contribution in [0.15, 0.2) is 18.3 Å². The number of nitrogens with zero attached hydrogens (tertiary/aromatic N) is 3. The summed E-state index contributed by atoms with van der Waals surface area (Å²) in [5.74, 6) is -0.373. The predicted molar refractivity (Wildman–Crippen MR) is 70.1 cm³/mol. The molecular weight excluding hydrogens is 299 g/mol. The molecule has 2 aromatic rings. The fourth-order valence-corrected chi connectivity index (χ4v) is 2.65. The number of nitrogens with one attached hydrogen (secondary N) is 2. The Hall–Kier alpha value is -2.32. The zero-order valence-corrected chi connectivity index (χ0v) is 11.5. The molecule has 0 radical (unpaired) electrons. The number of aromatic nitrogens is 4.